The van der Waals surface area contributed by atoms with Gasteiger partial charge in [0.25, 0.3) is 0 Å². The Kier molecular flexibility index (Phi) is 3.91. The Labute approximate surface area is 168 Å². The zero-order valence-electron chi connectivity index (χ0n) is 15.9. The Morgan fingerprint density at radius 2 is 1.68 bits per heavy atom. The normalized spacial score (nSPS) is 14.9. The van der Waals surface area contributed by atoms with E-state index in [0.717, 1.165) is 62.4 Å². The van der Waals surface area contributed by atoms with E-state index in [-0.39, 0.29) is 5.41 Å². The molecule has 0 atom stereocenters. The van der Waals surface area contributed by atoms with Gasteiger partial charge >= 0.3 is 0 Å². The van der Waals surface area contributed by atoms with E-state index in [1.165, 1.54) is 5.56 Å². The number of aryl methyl sites for hydroxylation is 2. The van der Waals surface area contributed by atoms with Gasteiger partial charge in [0.1, 0.15) is 15.4 Å². The molecule has 2 aromatic heterocycles. The van der Waals surface area contributed by atoms with E-state index < -0.39 is 0 Å². The highest BCUT2D eigenvalue weighted by molar-refractivity contribution is 7.21. The van der Waals surface area contributed by atoms with Crippen LogP contribution >= 0.6 is 11.3 Å². The summed E-state index contributed by atoms with van der Waals surface area (Å²) in [5.74, 6) is 0. The third kappa shape index (κ3) is 2.68. The lowest BCUT2D eigenvalue weighted by molar-refractivity contribution is 0.112. The van der Waals surface area contributed by atoms with Gasteiger partial charge in [0.2, 0.25) is 0 Å². The summed E-state index contributed by atoms with van der Waals surface area (Å²) < 4.78 is 0. The molecule has 0 radical (unpaired) electrons. The standard InChI is InChI=1S/C24H20N2OS/c1-15-12-17(13-16(2)19(15)14-27)22-25-20-8-9-21(26-23(20)28-22)24(10-11-24)18-6-4-3-5-7-18/h3-9,12-14H,10-11H2,1-2H3. The van der Waals surface area contributed by atoms with Gasteiger partial charge in [0.05, 0.1) is 5.69 Å². The second-order valence-corrected chi connectivity index (χ2v) is 8.61. The van der Waals surface area contributed by atoms with Gasteiger partial charge in [0, 0.05) is 16.5 Å². The van der Waals surface area contributed by atoms with Gasteiger partial charge in [-0.2, -0.15) is 0 Å². The summed E-state index contributed by atoms with van der Waals surface area (Å²) >= 11 is 1.62. The third-order valence-electron chi connectivity index (χ3n) is 5.78. The number of aldehydes is 1. The van der Waals surface area contributed by atoms with Crippen LogP contribution in [0.5, 0.6) is 0 Å². The number of hydrogen-bond donors (Lipinski definition) is 0. The lowest BCUT2D eigenvalue weighted by Crippen LogP contribution is -2.10. The second-order valence-electron chi connectivity index (χ2n) is 7.63. The summed E-state index contributed by atoms with van der Waals surface area (Å²) in [5.41, 5.74) is 7.28. The molecule has 1 aliphatic rings. The fraction of sp³-hybridized carbons (Fsp3) is 0.208. The Bertz CT molecular complexity index is 1180. The van der Waals surface area contributed by atoms with Crippen LogP contribution in [-0.4, -0.2) is 16.3 Å². The predicted octanol–water partition coefficient (Wildman–Crippen LogP) is 5.87. The lowest BCUT2D eigenvalue weighted by atomic mass is 9.92. The topological polar surface area (TPSA) is 42.9 Å². The highest BCUT2D eigenvalue weighted by Crippen LogP contribution is 2.53. The van der Waals surface area contributed by atoms with Crippen LogP contribution in [0.3, 0.4) is 0 Å². The van der Waals surface area contributed by atoms with Crippen molar-refractivity contribution >= 4 is 28.0 Å². The van der Waals surface area contributed by atoms with Crippen molar-refractivity contribution in [2.45, 2.75) is 32.1 Å². The van der Waals surface area contributed by atoms with E-state index in [2.05, 4.69) is 42.5 Å². The van der Waals surface area contributed by atoms with E-state index in [1.807, 2.05) is 26.0 Å². The number of rotatable bonds is 4. The molecule has 1 saturated carbocycles. The Hall–Kier alpha value is -2.85. The number of hydrogen-bond acceptors (Lipinski definition) is 4. The van der Waals surface area contributed by atoms with Gasteiger partial charge in [-0.25, -0.2) is 9.97 Å². The monoisotopic (exact) mass is 384 g/mol. The molecular formula is C24H20N2OS. The van der Waals surface area contributed by atoms with Crippen molar-refractivity contribution in [3.63, 3.8) is 0 Å². The minimum Gasteiger partial charge on any atom is -0.298 e. The number of nitrogens with zero attached hydrogens (tertiary/aromatic N) is 2. The molecule has 0 saturated heterocycles. The van der Waals surface area contributed by atoms with Crippen molar-refractivity contribution in [1.29, 1.82) is 0 Å². The van der Waals surface area contributed by atoms with Crippen molar-refractivity contribution in [3.8, 4) is 10.6 Å². The first kappa shape index (κ1) is 17.3. The summed E-state index contributed by atoms with van der Waals surface area (Å²) in [7, 11) is 0. The van der Waals surface area contributed by atoms with Crippen LogP contribution in [0.15, 0.2) is 54.6 Å². The maximum Gasteiger partial charge on any atom is 0.150 e. The van der Waals surface area contributed by atoms with Crippen LogP contribution in [0.4, 0.5) is 0 Å². The zero-order chi connectivity index (χ0) is 19.3. The molecule has 2 heterocycles. The third-order valence-corrected chi connectivity index (χ3v) is 6.79. The van der Waals surface area contributed by atoms with Crippen LogP contribution in [0.1, 0.15) is 45.6 Å². The maximum atomic E-state index is 11.3. The average Bonchev–Trinajstić information content (AvgIpc) is 3.41. The van der Waals surface area contributed by atoms with Crippen LogP contribution in [0.2, 0.25) is 0 Å². The summed E-state index contributed by atoms with van der Waals surface area (Å²) in [6.07, 6.45) is 3.22. The molecule has 0 unspecified atom stereocenters. The number of carbonyl (C=O) groups excluding carboxylic acids is 1. The van der Waals surface area contributed by atoms with Crippen LogP contribution < -0.4 is 0 Å². The van der Waals surface area contributed by atoms with E-state index >= 15 is 0 Å². The molecule has 5 rings (SSSR count). The molecular weight excluding hydrogens is 364 g/mol. The molecule has 0 amide bonds. The Morgan fingerprint density at radius 1 is 0.964 bits per heavy atom. The molecule has 3 nitrogen and oxygen atoms in total. The lowest BCUT2D eigenvalue weighted by Gasteiger charge is -2.14. The van der Waals surface area contributed by atoms with Crippen molar-refractivity contribution in [2.75, 3.05) is 0 Å². The van der Waals surface area contributed by atoms with E-state index in [0.29, 0.717) is 0 Å². The predicted molar refractivity (Wildman–Crippen MR) is 114 cm³/mol. The van der Waals surface area contributed by atoms with E-state index in [4.69, 9.17) is 9.97 Å². The van der Waals surface area contributed by atoms with Crippen molar-refractivity contribution < 1.29 is 4.79 Å². The molecule has 138 valence electrons. The molecule has 0 spiro atoms. The largest absolute Gasteiger partial charge is 0.298 e. The SMILES string of the molecule is Cc1cc(-c2nc3ccc(C4(c5ccccc5)CC4)nc3s2)cc(C)c1C=O. The first-order chi connectivity index (χ1) is 13.6. The quantitative estimate of drug-likeness (QED) is 0.413. The number of benzene rings is 2. The summed E-state index contributed by atoms with van der Waals surface area (Å²) in [6.45, 7) is 3.95. The van der Waals surface area contributed by atoms with Gasteiger partial charge in [-0.1, -0.05) is 41.7 Å². The maximum absolute atomic E-state index is 11.3. The van der Waals surface area contributed by atoms with Crippen LogP contribution in [0.25, 0.3) is 20.9 Å². The minimum absolute atomic E-state index is 0.0678. The fourth-order valence-electron chi connectivity index (χ4n) is 4.07. The minimum atomic E-state index is 0.0678. The highest BCUT2D eigenvalue weighted by Gasteiger charge is 2.47. The summed E-state index contributed by atoms with van der Waals surface area (Å²) in [4.78, 5) is 22.1. The molecule has 28 heavy (non-hydrogen) atoms. The number of aromatic nitrogens is 2. The first-order valence-corrected chi connectivity index (χ1v) is 10.3. The smallest absolute Gasteiger partial charge is 0.150 e. The van der Waals surface area contributed by atoms with Crippen molar-refractivity contribution in [2.24, 2.45) is 0 Å². The summed E-state index contributed by atoms with van der Waals surface area (Å²) in [5, 5.41) is 0.952. The van der Waals surface area contributed by atoms with Gasteiger partial charge in [0.15, 0.2) is 6.29 Å². The first-order valence-electron chi connectivity index (χ1n) is 9.51. The molecule has 2 aromatic carbocycles. The molecule has 4 heteroatoms. The summed E-state index contributed by atoms with van der Waals surface area (Å²) in [6, 6.07) is 19.0. The average molecular weight is 385 g/mol. The number of carbonyl (C=O) groups is 1. The Morgan fingerprint density at radius 3 is 2.32 bits per heavy atom. The van der Waals surface area contributed by atoms with Crippen molar-refractivity contribution in [3.05, 3.63) is 82.5 Å². The van der Waals surface area contributed by atoms with Crippen LogP contribution in [0, 0.1) is 13.8 Å². The molecule has 4 aromatic rings. The molecule has 1 fully saturated rings. The molecule has 0 bridgehead atoms. The van der Waals surface area contributed by atoms with Crippen LogP contribution in [-0.2, 0) is 5.41 Å². The van der Waals surface area contributed by atoms with Gasteiger partial charge in [-0.3, -0.25) is 4.79 Å². The van der Waals surface area contributed by atoms with Crippen molar-refractivity contribution in [1.82, 2.24) is 9.97 Å². The molecule has 0 aliphatic heterocycles. The molecule has 1 aliphatic carbocycles. The Balaban J connectivity index is 1.58. The number of thiazole rings is 1. The second kappa shape index (κ2) is 6.35. The highest BCUT2D eigenvalue weighted by atomic mass is 32.1. The van der Waals surface area contributed by atoms with E-state index in [1.54, 1.807) is 11.3 Å². The van der Waals surface area contributed by atoms with E-state index in [9.17, 15) is 4.79 Å². The van der Waals surface area contributed by atoms with Gasteiger partial charge < -0.3 is 0 Å². The zero-order valence-corrected chi connectivity index (χ0v) is 16.7. The van der Waals surface area contributed by atoms with Gasteiger partial charge in [-0.05, 0) is 67.6 Å². The number of fused-ring (bicyclic) bond motifs is 1. The fourth-order valence-corrected chi connectivity index (χ4v) is 4.99. The van der Waals surface area contributed by atoms with Gasteiger partial charge in [-0.15, -0.1) is 0 Å². The molecule has 0 N–H and O–H groups in total. The number of pyridine rings is 1.